The molecule has 0 radical (unpaired) electrons. The minimum atomic E-state index is -2.98. The number of carbonyl (C=O) groups excluding carboxylic acids is 2. The smallest absolute Gasteiger partial charge is 0.387 e. The number of hydrogen-bond acceptors (Lipinski definition) is 4. The monoisotopic (exact) mass is 367 g/mol. The summed E-state index contributed by atoms with van der Waals surface area (Å²) in [7, 11) is 0. The van der Waals surface area contributed by atoms with Gasteiger partial charge in [0.15, 0.2) is 0 Å². The van der Waals surface area contributed by atoms with Crippen LogP contribution in [0.15, 0.2) is 24.3 Å². The Morgan fingerprint density at radius 1 is 1.12 bits per heavy atom. The highest BCUT2D eigenvalue weighted by Gasteiger charge is 2.27. The number of nitrogens with one attached hydrogen (secondary N) is 1. The van der Waals surface area contributed by atoms with Crippen molar-refractivity contribution in [2.75, 3.05) is 39.3 Å². The molecule has 3 rings (SSSR count). The first-order chi connectivity index (χ1) is 12.5. The van der Waals surface area contributed by atoms with Gasteiger partial charge in [-0.2, -0.15) is 8.78 Å². The molecule has 6 nitrogen and oxygen atoms in total. The van der Waals surface area contributed by atoms with Crippen LogP contribution in [0.4, 0.5) is 8.78 Å². The molecular formula is C18H23F2N3O3. The maximum Gasteiger partial charge on any atom is 0.387 e. The zero-order valence-electron chi connectivity index (χ0n) is 14.5. The number of nitrogens with zero attached hydrogens (tertiary/aromatic N) is 2. The zero-order valence-corrected chi connectivity index (χ0v) is 14.5. The van der Waals surface area contributed by atoms with Crippen molar-refractivity contribution in [3.63, 3.8) is 0 Å². The predicted molar refractivity (Wildman–Crippen MR) is 91.2 cm³/mol. The second kappa shape index (κ2) is 8.44. The van der Waals surface area contributed by atoms with E-state index in [-0.39, 0.29) is 23.1 Å². The topological polar surface area (TPSA) is 61.9 Å². The SMILES string of the molecule is O=C(CNCC1CC1)N1CCN(C(=O)c2ccccc2OC(F)F)CC1. The molecule has 2 fully saturated rings. The van der Waals surface area contributed by atoms with E-state index in [0.29, 0.717) is 38.6 Å². The van der Waals surface area contributed by atoms with Crippen molar-refractivity contribution >= 4 is 11.8 Å². The third kappa shape index (κ3) is 4.91. The molecule has 0 unspecified atom stereocenters. The summed E-state index contributed by atoms with van der Waals surface area (Å²) >= 11 is 0. The van der Waals surface area contributed by atoms with Crippen LogP contribution in [-0.4, -0.2) is 67.5 Å². The Kier molecular flexibility index (Phi) is 6.03. The number of amides is 2. The van der Waals surface area contributed by atoms with E-state index in [1.165, 1.54) is 25.0 Å². The van der Waals surface area contributed by atoms with Gasteiger partial charge >= 0.3 is 6.61 Å². The lowest BCUT2D eigenvalue weighted by Gasteiger charge is -2.35. The van der Waals surface area contributed by atoms with Crippen LogP contribution in [0.5, 0.6) is 5.75 Å². The molecular weight excluding hydrogens is 344 g/mol. The van der Waals surface area contributed by atoms with Crippen LogP contribution in [0.3, 0.4) is 0 Å². The van der Waals surface area contributed by atoms with Crippen molar-refractivity contribution in [3.05, 3.63) is 29.8 Å². The van der Waals surface area contributed by atoms with Crippen LogP contribution in [-0.2, 0) is 4.79 Å². The molecule has 1 aromatic carbocycles. The molecule has 8 heteroatoms. The summed E-state index contributed by atoms with van der Waals surface area (Å²) in [5.74, 6) is 0.252. The number of hydrogen-bond donors (Lipinski definition) is 1. The second-order valence-corrected chi connectivity index (χ2v) is 6.62. The van der Waals surface area contributed by atoms with Gasteiger partial charge < -0.3 is 19.9 Å². The fraction of sp³-hybridized carbons (Fsp3) is 0.556. The van der Waals surface area contributed by atoms with E-state index in [2.05, 4.69) is 10.1 Å². The number of rotatable bonds is 7. The highest BCUT2D eigenvalue weighted by atomic mass is 19.3. The van der Waals surface area contributed by atoms with Gasteiger partial charge in [0.2, 0.25) is 5.91 Å². The third-order valence-electron chi connectivity index (χ3n) is 4.66. The van der Waals surface area contributed by atoms with Crippen molar-refractivity contribution in [1.82, 2.24) is 15.1 Å². The van der Waals surface area contributed by atoms with Crippen molar-refractivity contribution in [2.45, 2.75) is 19.5 Å². The fourth-order valence-corrected chi connectivity index (χ4v) is 2.99. The number of carbonyl (C=O) groups is 2. The van der Waals surface area contributed by atoms with E-state index < -0.39 is 6.61 Å². The molecule has 1 N–H and O–H groups in total. The normalized spacial score (nSPS) is 17.5. The van der Waals surface area contributed by atoms with Gasteiger partial charge in [0.25, 0.3) is 5.91 Å². The van der Waals surface area contributed by atoms with Crippen LogP contribution < -0.4 is 10.1 Å². The molecule has 1 saturated heterocycles. The van der Waals surface area contributed by atoms with Crippen LogP contribution in [0.25, 0.3) is 0 Å². The standard InChI is InChI=1S/C18H23F2N3O3/c19-18(20)26-15-4-2-1-3-14(15)17(25)23-9-7-22(8-10-23)16(24)12-21-11-13-5-6-13/h1-4,13,18,21H,5-12H2. The lowest BCUT2D eigenvalue weighted by atomic mass is 10.1. The lowest BCUT2D eigenvalue weighted by Crippen LogP contribution is -2.52. The van der Waals surface area contributed by atoms with Crippen LogP contribution in [0.2, 0.25) is 0 Å². The fourth-order valence-electron chi connectivity index (χ4n) is 2.99. The Morgan fingerprint density at radius 2 is 1.77 bits per heavy atom. The molecule has 1 aliphatic heterocycles. The highest BCUT2D eigenvalue weighted by Crippen LogP contribution is 2.27. The first kappa shape index (κ1) is 18.6. The summed E-state index contributed by atoms with van der Waals surface area (Å²) in [6.45, 7) is -0.171. The van der Waals surface area contributed by atoms with E-state index in [0.717, 1.165) is 6.54 Å². The second-order valence-electron chi connectivity index (χ2n) is 6.62. The first-order valence-electron chi connectivity index (χ1n) is 8.86. The number of halogens is 2. The van der Waals surface area contributed by atoms with E-state index in [1.54, 1.807) is 21.9 Å². The summed E-state index contributed by atoms with van der Waals surface area (Å²) in [6, 6.07) is 5.97. The van der Waals surface area contributed by atoms with Gasteiger partial charge in [0, 0.05) is 26.2 Å². The van der Waals surface area contributed by atoms with Crippen molar-refractivity contribution in [2.24, 2.45) is 5.92 Å². The molecule has 2 aliphatic rings. The van der Waals surface area contributed by atoms with E-state index in [9.17, 15) is 18.4 Å². The van der Waals surface area contributed by atoms with Gasteiger partial charge in [-0.05, 0) is 37.4 Å². The van der Waals surface area contributed by atoms with Crippen LogP contribution in [0.1, 0.15) is 23.2 Å². The Bertz CT molecular complexity index is 644. The number of piperazine rings is 1. The largest absolute Gasteiger partial charge is 0.434 e. The third-order valence-corrected chi connectivity index (χ3v) is 4.66. The molecule has 1 aliphatic carbocycles. The summed E-state index contributed by atoms with van der Waals surface area (Å²) in [5.41, 5.74) is 0.110. The minimum absolute atomic E-state index is 0.0270. The molecule has 2 amide bonds. The van der Waals surface area contributed by atoms with E-state index in [1.807, 2.05) is 0 Å². The van der Waals surface area contributed by atoms with E-state index >= 15 is 0 Å². The molecule has 0 spiro atoms. The molecule has 142 valence electrons. The Hall–Kier alpha value is -2.22. The minimum Gasteiger partial charge on any atom is -0.434 e. The molecule has 0 bridgehead atoms. The Balaban J connectivity index is 1.51. The quantitative estimate of drug-likeness (QED) is 0.795. The Labute approximate surface area is 151 Å². The number of para-hydroxylation sites is 1. The molecule has 1 saturated carbocycles. The van der Waals surface area contributed by atoms with Gasteiger partial charge in [-0.25, -0.2) is 0 Å². The molecule has 0 atom stereocenters. The molecule has 1 aromatic rings. The summed E-state index contributed by atoms with van der Waals surface area (Å²) < 4.78 is 29.4. The van der Waals surface area contributed by atoms with Gasteiger partial charge in [-0.15, -0.1) is 0 Å². The molecule has 0 aromatic heterocycles. The van der Waals surface area contributed by atoms with Crippen LogP contribution in [0, 0.1) is 5.92 Å². The van der Waals surface area contributed by atoms with Crippen molar-refractivity contribution < 1.29 is 23.1 Å². The van der Waals surface area contributed by atoms with Crippen LogP contribution >= 0.6 is 0 Å². The maximum atomic E-state index is 12.6. The zero-order chi connectivity index (χ0) is 18.5. The van der Waals surface area contributed by atoms with Crippen molar-refractivity contribution in [3.8, 4) is 5.75 Å². The first-order valence-corrected chi connectivity index (χ1v) is 8.86. The maximum absolute atomic E-state index is 12.6. The molecule has 1 heterocycles. The predicted octanol–water partition coefficient (Wildman–Crippen LogP) is 1.57. The summed E-state index contributed by atoms with van der Waals surface area (Å²) in [6.07, 6.45) is 2.47. The van der Waals surface area contributed by atoms with Gasteiger partial charge in [0.05, 0.1) is 12.1 Å². The summed E-state index contributed by atoms with van der Waals surface area (Å²) in [5, 5.41) is 3.17. The number of ether oxygens (including phenoxy) is 1. The van der Waals surface area contributed by atoms with Crippen molar-refractivity contribution in [1.29, 1.82) is 0 Å². The number of benzene rings is 1. The van der Waals surface area contributed by atoms with E-state index in [4.69, 9.17) is 0 Å². The average Bonchev–Trinajstić information content (AvgIpc) is 3.45. The Morgan fingerprint density at radius 3 is 2.42 bits per heavy atom. The van der Waals surface area contributed by atoms with Gasteiger partial charge in [-0.1, -0.05) is 12.1 Å². The highest BCUT2D eigenvalue weighted by molar-refractivity contribution is 5.97. The van der Waals surface area contributed by atoms with Gasteiger partial charge in [0.1, 0.15) is 5.75 Å². The molecule has 26 heavy (non-hydrogen) atoms. The summed E-state index contributed by atoms with van der Waals surface area (Å²) in [4.78, 5) is 28.1. The number of alkyl halides is 2. The lowest BCUT2D eigenvalue weighted by molar-refractivity contribution is -0.131. The average molecular weight is 367 g/mol. The van der Waals surface area contributed by atoms with Gasteiger partial charge in [-0.3, -0.25) is 9.59 Å².